The van der Waals surface area contributed by atoms with Crippen LogP contribution in [0.15, 0.2) is 48.5 Å². The highest BCUT2D eigenvalue weighted by Crippen LogP contribution is 2.27. The summed E-state index contributed by atoms with van der Waals surface area (Å²) in [7, 11) is 0. The molecule has 2 aromatic rings. The van der Waals surface area contributed by atoms with Gasteiger partial charge in [-0.25, -0.2) is 0 Å². The van der Waals surface area contributed by atoms with Gasteiger partial charge in [0.2, 0.25) is 0 Å². The van der Waals surface area contributed by atoms with Gasteiger partial charge < -0.3 is 14.8 Å². The first kappa shape index (κ1) is 20.0. The molecule has 0 radical (unpaired) electrons. The topological polar surface area (TPSA) is 50.8 Å². The third-order valence-electron chi connectivity index (χ3n) is 4.42. The molecule has 1 heterocycles. The van der Waals surface area contributed by atoms with Crippen molar-refractivity contribution in [2.45, 2.75) is 6.04 Å². The lowest BCUT2D eigenvalue weighted by Crippen LogP contribution is -2.44. The van der Waals surface area contributed by atoms with E-state index >= 15 is 0 Å². The van der Waals surface area contributed by atoms with Crippen LogP contribution in [0.2, 0.25) is 10.0 Å². The number of rotatable bonds is 7. The van der Waals surface area contributed by atoms with Gasteiger partial charge in [-0.15, -0.1) is 0 Å². The first-order valence-corrected chi connectivity index (χ1v) is 9.60. The summed E-state index contributed by atoms with van der Waals surface area (Å²) in [5, 5.41) is 3.89. The van der Waals surface area contributed by atoms with Crippen LogP contribution in [0, 0.1) is 0 Å². The van der Waals surface area contributed by atoms with Gasteiger partial charge in [0.05, 0.1) is 24.3 Å². The minimum absolute atomic E-state index is 0.0915. The van der Waals surface area contributed by atoms with Crippen LogP contribution < -0.4 is 10.1 Å². The molecule has 0 saturated carbocycles. The second-order valence-electron chi connectivity index (χ2n) is 6.24. The van der Waals surface area contributed by atoms with Gasteiger partial charge in [0.1, 0.15) is 5.75 Å². The van der Waals surface area contributed by atoms with Crippen molar-refractivity contribution in [3.63, 3.8) is 0 Å². The number of hydrogen-bond donors (Lipinski definition) is 1. The van der Waals surface area contributed by atoms with Crippen LogP contribution >= 0.6 is 23.2 Å². The highest BCUT2D eigenvalue weighted by atomic mass is 35.5. The Morgan fingerprint density at radius 3 is 2.63 bits per heavy atom. The van der Waals surface area contributed by atoms with Gasteiger partial charge >= 0.3 is 0 Å². The van der Waals surface area contributed by atoms with E-state index in [0.717, 1.165) is 13.1 Å². The molecular formula is C20H22Cl2N2O3. The third-order valence-corrected chi connectivity index (χ3v) is 4.96. The lowest BCUT2D eigenvalue weighted by Gasteiger charge is -2.34. The normalized spacial score (nSPS) is 15.9. The number of nitrogens with zero attached hydrogens (tertiary/aromatic N) is 1. The Morgan fingerprint density at radius 2 is 1.89 bits per heavy atom. The van der Waals surface area contributed by atoms with Gasteiger partial charge in [0.15, 0.2) is 6.61 Å². The average molecular weight is 409 g/mol. The standard InChI is InChI=1S/C20H22Cl2N2O3/c21-16-6-7-17(22)19(12-16)27-14-20(25)23-13-18(15-4-2-1-3-5-15)24-8-10-26-11-9-24/h1-7,12,18H,8-11,13-14H2,(H,23,25)/t18-/m0/s1. The molecule has 0 aromatic heterocycles. The summed E-state index contributed by atoms with van der Waals surface area (Å²) in [6.07, 6.45) is 0. The maximum Gasteiger partial charge on any atom is 0.258 e. The van der Waals surface area contributed by atoms with Crippen molar-refractivity contribution < 1.29 is 14.3 Å². The van der Waals surface area contributed by atoms with E-state index in [1.165, 1.54) is 5.56 Å². The van der Waals surface area contributed by atoms with Crippen molar-refractivity contribution in [1.29, 1.82) is 0 Å². The number of nitrogens with one attached hydrogen (secondary N) is 1. The number of carbonyl (C=O) groups is 1. The number of hydrogen-bond acceptors (Lipinski definition) is 4. The van der Waals surface area contributed by atoms with E-state index < -0.39 is 0 Å². The molecule has 1 aliphatic heterocycles. The Balaban J connectivity index is 1.57. The van der Waals surface area contributed by atoms with E-state index in [4.69, 9.17) is 32.7 Å². The van der Waals surface area contributed by atoms with Crippen LogP contribution in [0.5, 0.6) is 5.75 Å². The summed E-state index contributed by atoms with van der Waals surface area (Å²) >= 11 is 12.0. The van der Waals surface area contributed by atoms with Gasteiger partial charge in [-0.1, -0.05) is 53.5 Å². The van der Waals surface area contributed by atoms with Gasteiger partial charge in [0, 0.05) is 30.7 Å². The second kappa shape index (κ2) is 9.95. The number of ether oxygens (including phenoxy) is 2. The van der Waals surface area contributed by atoms with E-state index in [0.29, 0.717) is 35.6 Å². The molecule has 3 rings (SSSR count). The highest BCUT2D eigenvalue weighted by Gasteiger charge is 2.23. The molecule has 1 saturated heterocycles. The Bertz CT molecular complexity index is 752. The molecule has 1 atom stereocenters. The van der Waals surface area contributed by atoms with E-state index in [9.17, 15) is 4.79 Å². The Labute approximate surface area is 169 Å². The zero-order valence-electron chi connectivity index (χ0n) is 14.9. The number of amides is 1. The van der Waals surface area contributed by atoms with Gasteiger partial charge in [0.25, 0.3) is 5.91 Å². The fraction of sp³-hybridized carbons (Fsp3) is 0.350. The summed E-state index contributed by atoms with van der Waals surface area (Å²) in [4.78, 5) is 14.6. The summed E-state index contributed by atoms with van der Waals surface area (Å²) in [6, 6.07) is 15.2. The maximum absolute atomic E-state index is 12.3. The first-order chi connectivity index (χ1) is 13.1. The van der Waals surface area contributed by atoms with Crippen LogP contribution in [0.3, 0.4) is 0 Å². The quantitative estimate of drug-likeness (QED) is 0.760. The Kier molecular flexibility index (Phi) is 7.35. The SMILES string of the molecule is O=C(COc1cc(Cl)ccc1Cl)NC[C@@H](c1ccccc1)N1CCOCC1. The van der Waals surface area contributed by atoms with Crippen molar-refractivity contribution in [3.05, 3.63) is 64.1 Å². The van der Waals surface area contributed by atoms with Crippen molar-refractivity contribution in [1.82, 2.24) is 10.2 Å². The number of carbonyl (C=O) groups excluding carboxylic acids is 1. The van der Waals surface area contributed by atoms with Crippen LogP contribution in [0.1, 0.15) is 11.6 Å². The second-order valence-corrected chi connectivity index (χ2v) is 7.09. The maximum atomic E-state index is 12.3. The lowest BCUT2D eigenvalue weighted by molar-refractivity contribution is -0.123. The molecule has 1 amide bonds. The summed E-state index contributed by atoms with van der Waals surface area (Å²) in [5.41, 5.74) is 1.17. The number of benzene rings is 2. The van der Waals surface area contributed by atoms with Crippen LogP contribution in [-0.2, 0) is 9.53 Å². The fourth-order valence-electron chi connectivity index (χ4n) is 3.01. The monoisotopic (exact) mass is 408 g/mol. The van der Waals surface area contributed by atoms with E-state index in [2.05, 4.69) is 22.3 Å². The van der Waals surface area contributed by atoms with E-state index in [-0.39, 0.29) is 18.6 Å². The van der Waals surface area contributed by atoms with Gasteiger partial charge in [-0.2, -0.15) is 0 Å². The molecular weight excluding hydrogens is 387 g/mol. The minimum atomic E-state index is -0.208. The van der Waals surface area contributed by atoms with Crippen LogP contribution in [-0.4, -0.2) is 50.3 Å². The molecule has 1 N–H and O–H groups in total. The molecule has 0 unspecified atom stereocenters. The Morgan fingerprint density at radius 1 is 1.15 bits per heavy atom. The predicted molar refractivity (Wildman–Crippen MR) is 107 cm³/mol. The summed E-state index contributed by atoms with van der Waals surface area (Å²) in [5.74, 6) is 0.187. The lowest BCUT2D eigenvalue weighted by atomic mass is 10.0. The molecule has 27 heavy (non-hydrogen) atoms. The van der Waals surface area contributed by atoms with Gasteiger partial charge in [-0.3, -0.25) is 9.69 Å². The average Bonchev–Trinajstić information content (AvgIpc) is 2.70. The van der Waals surface area contributed by atoms with E-state index in [1.807, 2.05) is 18.2 Å². The molecule has 2 aromatic carbocycles. The van der Waals surface area contributed by atoms with Crippen LogP contribution in [0.4, 0.5) is 0 Å². The minimum Gasteiger partial charge on any atom is -0.482 e. The molecule has 1 fully saturated rings. The Hall–Kier alpha value is -1.79. The molecule has 7 heteroatoms. The van der Waals surface area contributed by atoms with E-state index in [1.54, 1.807) is 18.2 Å². The van der Waals surface area contributed by atoms with Gasteiger partial charge in [-0.05, 0) is 17.7 Å². The first-order valence-electron chi connectivity index (χ1n) is 8.85. The fourth-order valence-corrected chi connectivity index (χ4v) is 3.35. The van der Waals surface area contributed by atoms with Crippen molar-refractivity contribution >= 4 is 29.1 Å². The zero-order chi connectivity index (χ0) is 19.1. The summed E-state index contributed by atoms with van der Waals surface area (Å²) < 4.78 is 10.9. The number of morpholine rings is 1. The molecule has 0 spiro atoms. The summed E-state index contributed by atoms with van der Waals surface area (Å²) in [6.45, 7) is 3.45. The third kappa shape index (κ3) is 5.84. The molecule has 144 valence electrons. The zero-order valence-corrected chi connectivity index (χ0v) is 16.4. The molecule has 0 aliphatic carbocycles. The molecule has 1 aliphatic rings. The largest absolute Gasteiger partial charge is 0.482 e. The smallest absolute Gasteiger partial charge is 0.258 e. The van der Waals surface area contributed by atoms with Crippen molar-refractivity contribution in [3.8, 4) is 5.75 Å². The number of halogens is 2. The molecule has 5 nitrogen and oxygen atoms in total. The molecule has 0 bridgehead atoms. The van der Waals surface area contributed by atoms with Crippen LogP contribution in [0.25, 0.3) is 0 Å². The predicted octanol–water partition coefficient (Wildman–Crippen LogP) is 3.56. The highest BCUT2D eigenvalue weighted by molar-refractivity contribution is 6.34. The van der Waals surface area contributed by atoms with Crippen molar-refractivity contribution in [2.24, 2.45) is 0 Å². The van der Waals surface area contributed by atoms with Crippen molar-refractivity contribution in [2.75, 3.05) is 39.5 Å².